The van der Waals surface area contributed by atoms with Gasteiger partial charge in [0.1, 0.15) is 0 Å². The molecule has 1 aliphatic heterocycles. The topological polar surface area (TPSA) is 29.5 Å². The fourth-order valence-electron chi connectivity index (χ4n) is 2.53. The van der Waals surface area contributed by atoms with Crippen LogP contribution in [0.5, 0.6) is 0 Å². The molecule has 2 unspecified atom stereocenters. The molecule has 1 heterocycles. The quantitative estimate of drug-likeness (QED) is 0.743. The first kappa shape index (κ1) is 12.4. The summed E-state index contributed by atoms with van der Waals surface area (Å²) in [7, 11) is 0. The second kappa shape index (κ2) is 5.50. The molecule has 0 bridgehead atoms. The van der Waals surface area contributed by atoms with Crippen molar-refractivity contribution in [2.24, 2.45) is 5.92 Å². The number of amides is 1. The maximum atomic E-state index is 12.4. The van der Waals surface area contributed by atoms with E-state index in [0.29, 0.717) is 11.9 Å². The molecule has 1 saturated carbocycles. The fraction of sp³-hybridized carbons (Fsp3) is 0.917. The van der Waals surface area contributed by atoms with Gasteiger partial charge in [-0.05, 0) is 32.6 Å². The van der Waals surface area contributed by atoms with Crippen LogP contribution in [0.1, 0.15) is 32.6 Å². The minimum absolute atomic E-state index is 0.0969. The first-order valence-corrected chi connectivity index (χ1v) is 7.34. The highest BCUT2D eigenvalue weighted by Crippen LogP contribution is 2.29. The van der Waals surface area contributed by atoms with Crippen LogP contribution in [0.4, 0.5) is 0 Å². The Labute approximate surface area is 106 Å². The van der Waals surface area contributed by atoms with Gasteiger partial charge in [-0.15, -0.1) is 0 Å². The first-order chi connectivity index (χ1) is 7.74. The van der Waals surface area contributed by atoms with Gasteiger partial charge in [0.25, 0.3) is 0 Å². The highest BCUT2D eigenvalue weighted by molar-refractivity contribution is 9.09. The number of carbonyl (C=O) groups excluding carboxylic acids is 1. The normalized spacial score (nSPS) is 30.1. The molecule has 2 rings (SSSR count). The third-order valence-corrected chi connectivity index (χ3v) is 4.17. The van der Waals surface area contributed by atoms with Gasteiger partial charge in [0, 0.05) is 24.5 Å². The van der Waals surface area contributed by atoms with Crippen LogP contribution in [-0.2, 0) is 9.53 Å². The molecule has 0 aromatic rings. The molecule has 2 fully saturated rings. The van der Waals surface area contributed by atoms with Crippen molar-refractivity contribution < 1.29 is 9.53 Å². The second-order valence-corrected chi connectivity index (χ2v) is 5.57. The van der Waals surface area contributed by atoms with Crippen molar-refractivity contribution in [3.63, 3.8) is 0 Å². The summed E-state index contributed by atoms with van der Waals surface area (Å²) >= 11 is 3.44. The van der Waals surface area contributed by atoms with Crippen molar-refractivity contribution >= 4 is 21.8 Å². The van der Waals surface area contributed by atoms with Crippen molar-refractivity contribution in [3.05, 3.63) is 0 Å². The van der Waals surface area contributed by atoms with E-state index in [0.717, 1.165) is 24.9 Å². The summed E-state index contributed by atoms with van der Waals surface area (Å²) in [4.78, 5) is 14.5. The van der Waals surface area contributed by atoms with E-state index in [1.807, 2.05) is 6.92 Å². The third kappa shape index (κ3) is 2.43. The summed E-state index contributed by atoms with van der Waals surface area (Å²) in [5, 5.41) is 0.872. The standard InChI is InChI=1S/C12H20BrNO2/c1-9-11(5-8-16-9)12(15)14(7-6-13)10-3-2-4-10/h9-11H,2-8H2,1H3. The Balaban J connectivity index is 1.98. The average Bonchev–Trinajstić information content (AvgIpc) is 2.60. The van der Waals surface area contributed by atoms with Crippen LogP contribution in [0.2, 0.25) is 0 Å². The van der Waals surface area contributed by atoms with E-state index in [1.165, 1.54) is 19.3 Å². The third-order valence-electron chi connectivity index (χ3n) is 3.82. The van der Waals surface area contributed by atoms with Gasteiger partial charge in [-0.25, -0.2) is 0 Å². The molecule has 1 amide bonds. The Hall–Kier alpha value is -0.0900. The fourth-order valence-corrected chi connectivity index (χ4v) is 2.91. The Morgan fingerprint density at radius 3 is 2.62 bits per heavy atom. The van der Waals surface area contributed by atoms with Crippen LogP contribution >= 0.6 is 15.9 Å². The maximum absolute atomic E-state index is 12.4. The Morgan fingerprint density at radius 1 is 1.44 bits per heavy atom. The highest BCUT2D eigenvalue weighted by Gasteiger charge is 2.37. The summed E-state index contributed by atoms with van der Waals surface area (Å²) in [6, 6.07) is 0.498. The minimum Gasteiger partial charge on any atom is -0.378 e. The van der Waals surface area contributed by atoms with Crippen molar-refractivity contribution in [1.82, 2.24) is 4.90 Å². The summed E-state index contributed by atoms with van der Waals surface area (Å²) in [5.41, 5.74) is 0. The molecular formula is C12H20BrNO2. The lowest BCUT2D eigenvalue weighted by molar-refractivity contribution is -0.140. The number of ether oxygens (including phenoxy) is 1. The summed E-state index contributed by atoms with van der Waals surface area (Å²) < 4.78 is 5.49. The molecule has 0 aromatic carbocycles. The second-order valence-electron chi connectivity index (χ2n) is 4.78. The number of nitrogens with zero attached hydrogens (tertiary/aromatic N) is 1. The molecule has 16 heavy (non-hydrogen) atoms. The van der Waals surface area contributed by atoms with Crippen LogP contribution in [0.3, 0.4) is 0 Å². The lowest BCUT2D eigenvalue weighted by Crippen LogP contribution is -2.48. The molecule has 4 heteroatoms. The van der Waals surface area contributed by atoms with Crippen LogP contribution in [0, 0.1) is 5.92 Å². The van der Waals surface area contributed by atoms with Crippen molar-refractivity contribution in [1.29, 1.82) is 0 Å². The van der Waals surface area contributed by atoms with E-state index in [9.17, 15) is 4.79 Å². The highest BCUT2D eigenvalue weighted by atomic mass is 79.9. The van der Waals surface area contributed by atoms with E-state index in [2.05, 4.69) is 20.8 Å². The predicted molar refractivity (Wildman–Crippen MR) is 66.7 cm³/mol. The molecule has 2 atom stereocenters. The molecule has 0 spiro atoms. The van der Waals surface area contributed by atoms with Gasteiger partial charge in [0.2, 0.25) is 5.91 Å². The average molecular weight is 290 g/mol. The Morgan fingerprint density at radius 2 is 2.19 bits per heavy atom. The van der Waals surface area contributed by atoms with Gasteiger partial charge in [0.05, 0.1) is 12.0 Å². The number of alkyl halides is 1. The van der Waals surface area contributed by atoms with Gasteiger partial charge in [-0.1, -0.05) is 15.9 Å². The van der Waals surface area contributed by atoms with E-state index in [-0.39, 0.29) is 12.0 Å². The predicted octanol–water partition coefficient (Wildman–Crippen LogP) is 2.19. The summed E-state index contributed by atoms with van der Waals surface area (Å²) in [5.74, 6) is 0.411. The van der Waals surface area contributed by atoms with E-state index < -0.39 is 0 Å². The Bertz CT molecular complexity index is 255. The van der Waals surface area contributed by atoms with Gasteiger partial charge in [-0.2, -0.15) is 0 Å². The monoisotopic (exact) mass is 289 g/mol. The van der Waals surface area contributed by atoms with Crippen LogP contribution in [0.15, 0.2) is 0 Å². The molecule has 1 aliphatic carbocycles. The van der Waals surface area contributed by atoms with E-state index in [4.69, 9.17) is 4.74 Å². The zero-order valence-corrected chi connectivity index (χ0v) is 11.4. The minimum atomic E-state index is 0.0969. The molecule has 0 radical (unpaired) electrons. The van der Waals surface area contributed by atoms with E-state index >= 15 is 0 Å². The molecule has 0 aromatic heterocycles. The lowest BCUT2D eigenvalue weighted by atomic mass is 9.89. The molecule has 2 aliphatic rings. The van der Waals surface area contributed by atoms with Gasteiger partial charge in [-0.3, -0.25) is 4.79 Å². The smallest absolute Gasteiger partial charge is 0.228 e. The molecule has 0 N–H and O–H groups in total. The largest absolute Gasteiger partial charge is 0.378 e. The van der Waals surface area contributed by atoms with Crippen molar-refractivity contribution in [2.75, 3.05) is 18.5 Å². The Kier molecular flexibility index (Phi) is 4.25. The first-order valence-electron chi connectivity index (χ1n) is 6.22. The van der Waals surface area contributed by atoms with Crippen molar-refractivity contribution in [3.8, 4) is 0 Å². The van der Waals surface area contributed by atoms with Gasteiger partial charge < -0.3 is 9.64 Å². The van der Waals surface area contributed by atoms with Crippen LogP contribution < -0.4 is 0 Å². The summed E-state index contributed by atoms with van der Waals surface area (Å²) in [6.45, 7) is 3.60. The summed E-state index contributed by atoms with van der Waals surface area (Å²) in [6.07, 6.45) is 4.63. The number of carbonyl (C=O) groups is 1. The van der Waals surface area contributed by atoms with Gasteiger partial charge >= 0.3 is 0 Å². The number of rotatable bonds is 4. The zero-order valence-electron chi connectivity index (χ0n) is 9.82. The molecular weight excluding hydrogens is 270 g/mol. The number of hydrogen-bond acceptors (Lipinski definition) is 2. The SMILES string of the molecule is CC1OCCC1C(=O)N(CCBr)C1CCC1. The van der Waals surface area contributed by atoms with Gasteiger partial charge in [0.15, 0.2) is 0 Å². The molecule has 1 saturated heterocycles. The number of halogens is 1. The molecule has 3 nitrogen and oxygen atoms in total. The number of hydrogen-bond donors (Lipinski definition) is 0. The lowest BCUT2D eigenvalue weighted by Gasteiger charge is -2.39. The van der Waals surface area contributed by atoms with Crippen molar-refractivity contribution in [2.45, 2.75) is 44.8 Å². The van der Waals surface area contributed by atoms with Crippen LogP contribution in [0.25, 0.3) is 0 Å². The van der Waals surface area contributed by atoms with E-state index in [1.54, 1.807) is 0 Å². The molecule has 92 valence electrons. The zero-order chi connectivity index (χ0) is 11.5. The van der Waals surface area contributed by atoms with Crippen LogP contribution in [-0.4, -0.2) is 41.4 Å². The maximum Gasteiger partial charge on any atom is 0.228 e.